The van der Waals surface area contributed by atoms with Crippen LogP contribution in [-0.4, -0.2) is 46.1 Å². The minimum Gasteiger partial charge on any atom is -0.341 e. The van der Waals surface area contributed by atoms with E-state index in [1.807, 2.05) is 41.0 Å². The second-order valence-corrected chi connectivity index (χ2v) is 8.64. The molecule has 0 bridgehead atoms. The number of rotatable bonds is 8. The molecular formula is C24H25FN6OS. The maximum Gasteiger partial charge on any atom is 0.237 e. The summed E-state index contributed by atoms with van der Waals surface area (Å²) in [6.07, 6.45) is 3.54. The van der Waals surface area contributed by atoms with Crippen LogP contribution < -0.4 is 9.80 Å². The highest BCUT2D eigenvalue weighted by Gasteiger charge is 2.24. The van der Waals surface area contributed by atoms with Crippen LogP contribution in [0.2, 0.25) is 0 Å². The lowest BCUT2D eigenvalue weighted by Gasteiger charge is -2.27. The van der Waals surface area contributed by atoms with Crippen molar-refractivity contribution in [2.24, 2.45) is 0 Å². The van der Waals surface area contributed by atoms with Gasteiger partial charge in [0.15, 0.2) is 5.16 Å². The molecule has 7 nitrogen and oxygen atoms in total. The Labute approximate surface area is 196 Å². The van der Waals surface area contributed by atoms with E-state index in [1.165, 1.54) is 29.1 Å². The number of nitrogens with zero attached hydrogens (tertiary/aromatic N) is 6. The van der Waals surface area contributed by atoms with E-state index in [0.29, 0.717) is 5.16 Å². The SMILES string of the molecule is N#CCCN(C(=O)CSc1nnc(N2CCCCC2)n1-c1ccccc1)c1ccccc1F. The fraction of sp³-hybridized carbons (Fsp3) is 0.333. The van der Waals surface area contributed by atoms with Gasteiger partial charge in [0, 0.05) is 19.6 Å². The van der Waals surface area contributed by atoms with E-state index >= 15 is 0 Å². The Morgan fingerprint density at radius 1 is 1.06 bits per heavy atom. The molecule has 33 heavy (non-hydrogen) atoms. The number of hydrogen-bond acceptors (Lipinski definition) is 6. The van der Waals surface area contributed by atoms with Gasteiger partial charge in [-0.2, -0.15) is 5.26 Å². The molecule has 2 aromatic carbocycles. The Balaban J connectivity index is 1.58. The number of thioether (sulfide) groups is 1. The van der Waals surface area contributed by atoms with Crippen LogP contribution in [0.3, 0.4) is 0 Å². The molecule has 3 aromatic rings. The summed E-state index contributed by atoms with van der Waals surface area (Å²) in [5.41, 5.74) is 1.10. The first-order chi connectivity index (χ1) is 16.2. The number of hydrogen-bond donors (Lipinski definition) is 0. The monoisotopic (exact) mass is 464 g/mol. The van der Waals surface area contributed by atoms with Gasteiger partial charge in [0.2, 0.25) is 11.9 Å². The van der Waals surface area contributed by atoms with Gasteiger partial charge in [-0.3, -0.25) is 9.36 Å². The summed E-state index contributed by atoms with van der Waals surface area (Å²) in [6, 6.07) is 18.0. The van der Waals surface area contributed by atoms with Gasteiger partial charge in [-0.25, -0.2) is 4.39 Å². The predicted octanol–water partition coefficient (Wildman–Crippen LogP) is 4.44. The van der Waals surface area contributed by atoms with Crippen LogP contribution in [0.5, 0.6) is 0 Å². The molecule has 0 spiro atoms. The van der Waals surface area contributed by atoms with Crippen molar-refractivity contribution in [2.75, 3.05) is 35.2 Å². The van der Waals surface area contributed by atoms with Crippen molar-refractivity contribution in [3.8, 4) is 11.8 Å². The van der Waals surface area contributed by atoms with Gasteiger partial charge in [0.25, 0.3) is 0 Å². The van der Waals surface area contributed by atoms with Gasteiger partial charge in [0.1, 0.15) is 5.82 Å². The van der Waals surface area contributed by atoms with Crippen LogP contribution in [0.4, 0.5) is 16.0 Å². The lowest BCUT2D eigenvalue weighted by molar-refractivity contribution is -0.116. The zero-order valence-electron chi connectivity index (χ0n) is 18.2. The number of carbonyl (C=O) groups excluding carboxylic acids is 1. The lowest BCUT2D eigenvalue weighted by atomic mass is 10.1. The molecule has 1 fully saturated rings. The Kier molecular flexibility index (Phi) is 7.58. The second kappa shape index (κ2) is 11.0. The highest BCUT2D eigenvalue weighted by molar-refractivity contribution is 7.99. The minimum absolute atomic E-state index is 0.0464. The zero-order valence-corrected chi connectivity index (χ0v) is 19.0. The number of para-hydroxylation sites is 2. The van der Waals surface area contributed by atoms with Crippen molar-refractivity contribution < 1.29 is 9.18 Å². The van der Waals surface area contributed by atoms with E-state index in [4.69, 9.17) is 5.26 Å². The number of piperidine rings is 1. The van der Waals surface area contributed by atoms with Crippen LogP contribution in [0.15, 0.2) is 59.8 Å². The zero-order chi connectivity index (χ0) is 23.0. The summed E-state index contributed by atoms with van der Waals surface area (Å²) >= 11 is 1.26. The highest BCUT2D eigenvalue weighted by Crippen LogP contribution is 2.29. The third-order valence-electron chi connectivity index (χ3n) is 5.49. The molecule has 1 aliphatic rings. The van der Waals surface area contributed by atoms with E-state index < -0.39 is 5.82 Å². The fourth-order valence-electron chi connectivity index (χ4n) is 3.87. The van der Waals surface area contributed by atoms with Gasteiger partial charge in [0.05, 0.1) is 29.6 Å². The normalized spacial score (nSPS) is 13.5. The van der Waals surface area contributed by atoms with Crippen molar-refractivity contribution >= 4 is 29.3 Å². The summed E-state index contributed by atoms with van der Waals surface area (Å²) in [4.78, 5) is 16.7. The number of amides is 1. The van der Waals surface area contributed by atoms with Gasteiger partial charge in [-0.15, -0.1) is 10.2 Å². The fourth-order valence-corrected chi connectivity index (χ4v) is 4.70. The van der Waals surface area contributed by atoms with Crippen LogP contribution >= 0.6 is 11.8 Å². The van der Waals surface area contributed by atoms with Crippen LogP contribution in [0.25, 0.3) is 5.69 Å². The summed E-state index contributed by atoms with van der Waals surface area (Å²) in [7, 11) is 0. The topological polar surface area (TPSA) is 78.0 Å². The van der Waals surface area contributed by atoms with Crippen molar-refractivity contribution in [1.29, 1.82) is 5.26 Å². The number of nitriles is 1. The Morgan fingerprint density at radius 2 is 1.79 bits per heavy atom. The summed E-state index contributed by atoms with van der Waals surface area (Å²) < 4.78 is 16.3. The van der Waals surface area contributed by atoms with Crippen LogP contribution in [0.1, 0.15) is 25.7 Å². The number of carbonyl (C=O) groups is 1. The molecule has 0 aliphatic carbocycles. The lowest BCUT2D eigenvalue weighted by Crippen LogP contribution is -2.34. The molecule has 1 aromatic heterocycles. The molecule has 0 unspecified atom stereocenters. The van der Waals surface area contributed by atoms with Gasteiger partial charge in [-0.1, -0.05) is 42.1 Å². The maximum atomic E-state index is 14.4. The molecule has 0 atom stereocenters. The Hall–Kier alpha value is -3.38. The quantitative estimate of drug-likeness (QED) is 0.459. The molecule has 0 N–H and O–H groups in total. The molecule has 1 saturated heterocycles. The average molecular weight is 465 g/mol. The number of benzene rings is 2. The van der Waals surface area contributed by atoms with E-state index in [-0.39, 0.29) is 30.3 Å². The maximum absolute atomic E-state index is 14.4. The molecular weight excluding hydrogens is 439 g/mol. The van der Waals surface area contributed by atoms with Crippen LogP contribution in [-0.2, 0) is 4.79 Å². The van der Waals surface area contributed by atoms with Gasteiger partial charge in [-0.05, 0) is 43.5 Å². The molecule has 0 radical (unpaired) electrons. The number of aromatic nitrogens is 3. The third kappa shape index (κ3) is 5.34. The van der Waals surface area contributed by atoms with E-state index in [0.717, 1.165) is 37.6 Å². The van der Waals surface area contributed by atoms with Crippen molar-refractivity contribution in [3.63, 3.8) is 0 Å². The van der Waals surface area contributed by atoms with E-state index in [9.17, 15) is 9.18 Å². The molecule has 170 valence electrons. The van der Waals surface area contributed by atoms with Crippen molar-refractivity contribution in [1.82, 2.24) is 14.8 Å². The Morgan fingerprint density at radius 3 is 2.52 bits per heavy atom. The van der Waals surface area contributed by atoms with Gasteiger partial charge < -0.3 is 9.80 Å². The van der Waals surface area contributed by atoms with E-state index in [2.05, 4.69) is 15.1 Å². The smallest absolute Gasteiger partial charge is 0.237 e. The predicted molar refractivity (Wildman–Crippen MR) is 127 cm³/mol. The highest BCUT2D eigenvalue weighted by atomic mass is 32.2. The summed E-state index contributed by atoms with van der Waals surface area (Å²) in [5, 5.41) is 18.4. The van der Waals surface area contributed by atoms with Crippen molar-refractivity contribution in [3.05, 3.63) is 60.4 Å². The third-order valence-corrected chi connectivity index (χ3v) is 6.40. The van der Waals surface area contributed by atoms with Gasteiger partial charge >= 0.3 is 0 Å². The van der Waals surface area contributed by atoms with E-state index in [1.54, 1.807) is 18.2 Å². The number of anilines is 2. The first-order valence-corrected chi connectivity index (χ1v) is 12.0. The summed E-state index contributed by atoms with van der Waals surface area (Å²) in [6.45, 7) is 1.97. The molecule has 1 aliphatic heterocycles. The van der Waals surface area contributed by atoms with Crippen LogP contribution in [0, 0.1) is 17.1 Å². The largest absolute Gasteiger partial charge is 0.341 e. The summed E-state index contributed by atoms with van der Waals surface area (Å²) in [5.74, 6) is 0.0347. The standard InChI is InChI=1S/C24H25FN6OS/c25-20-12-5-6-13-21(20)30(17-9-14-26)22(32)18-33-24-28-27-23(29-15-7-2-8-16-29)31(24)19-10-3-1-4-11-19/h1,3-6,10-13H,2,7-9,15-18H2. The molecule has 4 rings (SSSR count). The molecule has 9 heteroatoms. The Bertz CT molecular complexity index is 1120. The first-order valence-electron chi connectivity index (χ1n) is 11.0. The first kappa shape index (κ1) is 22.8. The molecule has 0 saturated carbocycles. The van der Waals surface area contributed by atoms with Crippen molar-refractivity contribution in [2.45, 2.75) is 30.8 Å². The molecule has 1 amide bonds. The molecule has 2 heterocycles. The average Bonchev–Trinajstić information content (AvgIpc) is 3.29. The minimum atomic E-state index is -0.492. The number of halogens is 1. The second-order valence-electron chi connectivity index (χ2n) is 7.69.